The van der Waals surface area contributed by atoms with Gasteiger partial charge in [0.2, 0.25) is 0 Å². The first-order valence-electron chi connectivity index (χ1n) is 7.74. The number of likely N-dealkylation sites (tertiary alicyclic amines) is 1. The quantitative estimate of drug-likeness (QED) is 0.853. The second-order valence-corrected chi connectivity index (χ2v) is 5.77. The lowest BCUT2D eigenvalue weighted by Crippen LogP contribution is -2.37. The van der Waals surface area contributed by atoms with Crippen LogP contribution in [0.3, 0.4) is 0 Å². The third-order valence-corrected chi connectivity index (χ3v) is 4.02. The minimum Gasteiger partial charge on any atom is -0.307 e. The minimum absolute atomic E-state index is 0.462. The number of nitrogens with zero attached hydrogens (tertiary/aromatic N) is 3. The van der Waals surface area contributed by atoms with Crippen LogP contribution in [0.4, 0.5) is 0 Å². The molecule has 0 bridgehead atoms. The molecule has 112 valence electrons. The molecule has 0 aliphatic carbocycles. The Morgan fingerprint density at radius 2 is 1.95 bits per heavy atom. The maximum atomic E-state index is 4.28. The van der Waals surface area contributed by atoms with Crippen LogP contribution in [0.5, 0.6) is 0 Å². The molecule has 1 saturated heterocycles. The molecule has 2 heterocycles. The number of rotatable bonds is 6. The minimum atomic E-state index is 0.462. The molecular formula is C16H23N5. The van der Waals surface area contributed by atoms with E-state index in [1.54, 1.807) is 0 Å². The number of aromatic nitrogens is 3. The summed E-state index contributed by atoms with van der Waals surface area (Å²) in [6.07, 6.45) is 2.68. The molecular weight excluding hydrogens is 262 g/mol. The van der Waals surface area contributed by atoms with Crippen molar-refractivity contribution in [3.05, 3.63) is 36.0 Å². The van der Waals surface area contributed by atoms with Gasteiger partial charge in [0.1, 0.15) is 11.4 Å². The zero-order chi connectivity index (χ0) is 14.5. The standard InChI is InChI=1S/C16H23N5/c1-13(12-21-9-5-6-10-21)17-11-15-16(19-20-18-15)14-7-3-2-4-8-14/h2-4,7-8,13,17H,5-6,9-12H2,1H3,(H,18,19,20). The number of benzene rings is 1. The molecule has 1 aliphatic heterocycles. The third kappa shape index (κ3) is 3.68. The lowest BCUT2D eigenvalue weighted by atomic mass is 10.1. The van der Waals surface area contributed by atoms with Crippen LogP contribution < -0.4 is 5.32 Å². The maximum Gasteiger partial charge on any atom is 0.117 e. The van der Waals surface area contributed by atoms with Gasteiger partial charge in [-0.25, -0.2) is 0 Å². The zero-order valence-electron chi connectivity index (χ0n) is 12.5. The molecule has 21 heavy (non-hydrogen) atoms. The molecule has 3 rings (SSSR count). The van der Waals surface area contributed by atoms with Crippen LogP contribution in [0, 0.1) is 0 Å². The summed E-state index contributed by atoms with van der Waals surface area (Å²) in [6, 6.07) is 10.7. The second-order valence-electron chi connectivity index (χ2n) is 5.77. The van der Waals surface area contributed by atoms with E-state index in [1.165, 1.54) is 25.9 Å². The van der Waals surface area contributed by atoms with Gasteiger partial charge in [0.25, 0.3) is 0 Å². The first-order valence-corrected chi connectivity index (χ1v) is 7.74. The van der Waals surface area contributed by atoms with Crippen LogP contribution in [0.25, 0.3) is 11.3 Å². The summed E-state index contributed by atoms with van der Waals surface area (Å²) < 4.78 is 0. The number of aromatic amines is 1. The van der Waals surface area contributed by atoms with E-state index in [0.29, 0.717) is 6.04 Å². The van der Waals surface area contributed by atoms with Crippen molar-refractivity contribution in [3.8, 4) is 11.3 Å². The van der Waals surface area contributed by atoms with Crippen molar-refractivity contribution in [1.29, 1.82) is 0 Å². The lowest BCUT2D eigenvalue weighted by Gasteiger charge is -2.20. The molecule has 0 amide bonds. The summed E-state index contributed by atoms with van der Waals surface area (Å²) in [4.78, 5) is 2.53. The first-order chi connectivity index (χ1) is 10.3. The van der Waals surface area contributed by atoms with Crippen LogP contribution in [0.2, 0.25) is 0 Å². The summed E-state index contributed by atoms with van der Waals surface area (Å²) in [5.74, 6) is 0. The number of hydrogen-bond acceptors (Lipinski definition) is 4. The molecule has 2 N–H and O–H groups in total. The molecule has 0 spiro atoms. The Balaban J connectivity index is 1.57. The molecule has 0 radical (unpaired) electrons. The van der Waals surface area contributed by atoms with Crippen molar-refractivity contribution >= 4 is 0 Å². The van der Waals surface area contributed by atoms with E-state index >= 15 is 0 Å². The van der Waals surface area contributed by atoms with Crippen LogP contribution >= 0.6 is 0 Å². The largest absolute Gasteiger partial charge is 0.307 e. The lowest BCUT2D eigenvalue weighted by molar-refractivity contribution is 0.298. The topological polar surface area (TPSA) is 56.8 Å². The molecule has 1 atom stereocenters. The Labute approximate surface area is 125 Å². The van der Waals surface area contributed by atoms with Gasteiger partial charge < -0.3 is 10.2 Å². The van der Waals surface area contributed by atoms with Gasteiger partial charge in [0.05, 0.1) is 0 Å². The van der Waals surface area contributed by atoms with Crippen LogP contribution in [-0.4, -0.2) is 46.0 Å². The summed E-state index contributed by atoms with van der Waals surface area (Å²) >= 11 is 0. The fourth-order valence-electron chi connectivity index (χ4n) is 2.89. The van der Waals surface area contributed by atoms with Gasteiger partial charge in [-0.3, -0.25) is 0 Å². The number of H-pyrrole nitrogens is 1. The predicted molar refractivity (Wildman–Crippen MR) is 83.8 cm³/mol. The molecule has 1 aromatic carbocycles. The average Bonchev–Trinajstić information content (AvgIpc) is 3.17. The Hall–Kier alpha value is -1.72. The monoisotopic (exact) mass is 285 g/mol. The van der Waals surface area contributed by atoms with Crippen LogP contribution in [0.1, 0.15) is 25.5 Å². The summed E-state index contributed by atoms with van der Waals surface area (Å²) in [6.45, 7) is 6.57. The first kappa shape index (κ1) is 14.2. The molecule has 5 heteroatoms. The molecule has 2 aromatic rings. The Morgan fingerprint density at radius 1 is 1.19 bits per heavy atom. The molecule has 5 nitrogen and oxygen atoms in total. The van der Waals surface area contributed by atoms with E-state index in [2.05, 4.69) is 44.7 Å². The molecule has 1 fully saturated rings. The molecule has 0 saturated carbocycles. The predicted octanol–water partition coefficient (Wildman–Crippen LogP) is 2.05. The van der Waals surface area contributed by atoms with Crippen molar-refractivity contribution in [2.24, 2.45) is 0 Å². The average molecular weight is 285 g/mol. The van der Waals surface area contributed by atoms with Crippen molar-refractivity contribution in [3.63, 3.8) is 0 Å². The van der Waals surface area contributed by atoms with Crippen molar-refractivity contribution in [2.45, 2.75) is 32.4 Å². The summed E-state index contributed by atoms with van der Waals surface area (Å²) in [7, 11) is 0. The van der Waals surface area contributed by atoms with Gasteiger partial charge in [0.15, 0.2) is 0 Å². The van der Waals surface area contributed by atoms with E-state index in [-0.39, 0.29) is 0 Å². The highest BCUT2D eigenvalue weighted by atomic mass is 15.3. The SMILES string of the molecule is CC(CN1CCCC1)NCc1n[nH]nc1-c1ccccc1. The molecule has 1 aromatic heterocycles. The Morgan fingerprint density at radius 3 is 2.71 bits per heavy atom. The van der Waals surface area contributed by atoms with Crippen LogP contribution in [0.15, 0.2) is 30.3 Å². The summed E-state index contributed by atoms with van der Waals surface area (Å²) in [5, 5.41) is 14.9. The number of hydrogen-bond donors (Lipinski definition) is 2. The van der Waals surface area contributed by atoms with Gasteiger partial charge >= 0.3 is 0 Å². The van der Waals surface area contributed by atoms with Crippen molar-refractivity contribution < 1.29 is 0 Å². The highest BCUT2D eigenvalue weighted by molar-refractivity contribution is 5.60. The maximum absolute atomic E-state index is 4.28. The number of nitrogens with one attached hydrogen (secondary N) is 2. The van der Waals surface area contributed by atoms with E-state index in [9.17, 15) is 0 Å². The highest BCUT2D eigenvalue weighted by Gasteiger charge is 2.15. The van der Waals surface area contributed by atoms with Gasteiger partial charge in [0, 0.05) is 24.7 Å². The normalized spacial score (nSPS) is 17.2. The smallest absolute Gasteiger partial charge is 0.117 e. The van der Waals surface area contributed by atoms with Crippen molar-refractivity contribution in [2.75, 3.05) is 19.6 Å². The van der Waals surface area contributed by atoms with E-state index in [1.807, 2.05) is 18.2 Å². The van der Waals surface area contributed by atoms with E-state index < -0.39 is 0 Å². The van der Waals surface area contributed by atoms with Gasteiger partial charge in [-0.15, -0.1) is 0 Å². The van der Waals surface area contributed by atoms with Gasteiger partial charge in [-0.1, -0.05) is 30.3 Å². The molecule has 1 aliphatic rings. The van der Waals surface area contributed by atoms with E-state index in [0.717, 1.165) is 30.0 Å². The zero-order valence-corrected chi connectivity index (χ0v) is 12.5. The van der Waals surface area contributed by atoms with Gasteiger partial charge in [-0.2, -0.15) is 15.4 Å². The Bertz CT molecular complexity index is 545. The van der Waals surface area contributed by atoms with Crippen LogP contribution in [-0.2, 0) is 6.54 Å². The Kier molecular flexibility index (Phi) is 4.62. The second kappa shape index (κ2) is 6.83. The van der Waals surface area contributed by atoms with E-state index in [4.69, 9.17) is 0 Å². The fraction of sp³-hybridized carbons (Fsp3) is 0.500. The summed E-state index contributed by atoms with van der Waals surface area (Å²) in [5.41, 5.74) is 3.03. The van der Waals surface area contributed by atoms with Crippen molar-refractivity contribution in [1.82, 2.24) is 25.6 Å². The third-order valence-electron chi connectivity index (χ3n) is 4.02. The van der Waals surface area contributed by atoms with Gasteiger partial charge in [-0.05, 0) is 32.9 Å². The fourth-order valence-corrected chi connectivity index (χ4v) is 2.89. The molecule has 1 unspecified atom stereocenters. The highest BCUT2D eigenvalue weighted by Crippen LogP contribution is 2.18.